The molecule has 6 heteroatoms. The Morgan fingerprint density at radius 1 is 0.889 bits per heavy atom. The molecule has 27 heavy (non-hydrogen) atoms. The van der Waals surface area contributed by atoms with Crippen molar-refractivity contribution in [3.05, 3.63) is 89.7 Å². The molecule has 0 radical (unpaired) electrons. The lowest BCUT2D eigenvalue weighted by atomic mass is 10.2. The third-order valence-electron chi connectivity index (χ3n) is 4.02. The van der Waals surface area contributed by atoms with E-state index in [0.29, 0.717) is 13.2 Å². The monoisotopic (exact) mass is 571 g/mol. The lowest BCUT2D eigenvalue weighted by molar-refractivity contribution is 0.302. The van der Waals surface area contributed by atoms with Crippen LogP contribution in [-0.4, -0.2) is 0 Å². The topological polar surface area (TPSA) is 21.3 Å². The second kappa shape index (κ2) is 9.46. The summed E-state index contributed by atoms with van der Waals surface area (Å²) in [7, 11) is 0. The summed E-state index contributed by atoms with van der Waals surface area (Å²) in [4.78, 5) is 0. The van der Waals surface area contributed by atoms with Crippen LogP contribution in [0.3, 0.4) is 0 Å². The minimum Gasteiger partial charge on any atom is -0.487 e. The van der Waals surface area contributed by atoms with Crippen molar-refractivity contribution in [2.45, 2.75) is 20.1 Å². The zero-order valence-electron chi connectivity index (χ0n) is 14.5. The molecular formula is C21H17Br3ClNO. The minimum absolute atomic E-state index is 0.504. The molecule has 0 atom stereocenters. The molecule has 0 aromatic heterocycles. The highest BCUT2D eigenvalue weighted by atomic mass is 79.9. The number of benzene rings is 3. The molecule has 3 aromatic rings. The summed E-state index contributed by atoms with van der Waals surface area (Å²) in [5.74, 6) is 0.792. The van der Waals surface area contributed by atoms with Crippen molar-refractivity contribution in [3.8, 4) is 5.75 Å². The molecular weight excluding hydrogens is 557 g/mol. The highest BCUT2D eigenvalue weighted by Gasteiger charge is 2.10. The van der Waals surface area contributed by atoms with Gasteiger partial charge >= 0.3 is 0 Å². The summed E-state index contributed by atoms with van der Waals surface area (Å²) in [5.41, 5.74) is 4.30. The van der Waals surface area contributed by atoms with Gasteiger partial charge in [-0.1, -0.05) is 45.7 Å². The lowest BCUT2D eigenvalue weighted by Gasteiger charge is -2.14. The van der Waals surface area contributed by atoms with E-state index >= 15 is 0 Å². The van der Waals surface area contributed by atoms with Crippen LogP contribution in [0.1, 0.15) is 16.7 Å². The van der Waals surface area contributed by atoms with Gasteiger partial charge in [-0.3, -0.25) is 0 Å². The van der Waals surface area contributed by atoms with E-state index in [1.807, 2.05) is 49.4 Å². The van der Waals surface area contributed by atoms with Gasteiger partial charge in [-0.15, -0.1) is 0 Å². The maximum Gasteiger partial charge on any atom is 0.148 e. The van der Waals surface area contributed by atoms with Crippen molar-refractivity contribution >= 4 is 65.1 Å². The number of anilines is 1. The van der Waals surface area contributed by atoms with E-state index in [0.717, 1.165) is 46.6 Å². The molecule has 0 aliphatic carbocycles. The van der Waals surface area contributed by atoms with Crippen LogP contribution in [0.25, 0.3) is 0 Å². The molecule has 3 aromatic carbocycles. The van der Waals surface area contributed by atoms with Crippen molar-refractivity contribution in [1.29, 1.82) is 0 Å². The van der Waals surface area contributed by atoms with Gasteiger partial charge in [0.1, 0.15) is 12.4 Å². The number of rotatable bonds is 6. The summed E-state index contributed by atoms with van der Waals surface area (Å²) in [6.45, 7) is 3.18. The van der Waals surface area contributed by atoms with E-state index in [2.05, 4.69) is 65.2 Å². The fraction of sp³-hybridized carbons (Fsp3) is 0.143. The van der Waals surface area contributed by atoms with Gasteiger partial charge in [-0.05, 0) is 91.9 Å². The van der Waals surface area contributed by atoms with Crippen LogP contribution in [0.15, 0.2) is 68.0 Å². The normalized spacial score (nSPS) is 10.7. The number of hydrogen-bond donors (Lipinski definition) is 1. The molecule has 3 rings (SSSR count). The van der Waals surface area contributed by atoms with Crippen LogP contribution >= 0.6 is 59.4 Å². The van der Waals surface area contributed by atoms with Gasteiger partial charge in [0.25, 0.3) is 0 Å². The van der Waals surface area contributed by atoms with Gasteiger partial charge in [-0.2, -0.15) is 0 Å². The lowest BCUT2D eigenvalue weighted by Crippen LogP contribution is -2.01. The maximum absolute atomic E-state index is 6.19. The second-order valence-electron chi connectivity index (χ2n) is 6.12. The van der Waals surface area contributed by atoms with Gasteiger partial charge in [0.05, 0.1) is 8.95 Å². The quantitative estimate of drug-likeness (QED) is 0.321. The summed E-state index contributed by atoms with van der Waals surface area (Å²) >= 11 is 16.9. The smallest absolute Gasteiger partial charge is 0.148 e. The van der Waals surface area contributed by atoms with Crippen LogP contribution in [0.2, 0.25) is 5.02 Å². The molecule has 140 valence electrons. The Balaban J connectivity index is 1.66. The molecule has 0 aliphatic heterocycles. The molecule has 0 saturated carbocycles. The number of aryl methyl sites for hydroxylation is 1. The molecule has 2 nitrogen and oxygen atoms in total. The van der Waals surface area contributed by atoms with Crippen molar-refractivity contribution in [2.75, 3.05) is 5.32 Å². The van der Waals surface area contributed by atoms with Gasteiger partial charge in [-0.25, -0.2) is 0 Å². The van der Waals surface area contributed by atoms with E-state index in [9.17, 15) is 0 Å². The standard InChI is InChI=1S/C21H17Br3ClNO/c1-13-2-7-17(10-20(13)25)26-11-15-8-18(23)21(19(24)9-15)27-12-14-3-5-16(22)6-4-14/h2-10,26H,11-12H2,1H3. The minimum atomic E-state index is 0.504. The predicted octanol–water partition coefficient (Wildman–Crippen LogP) is 8.13. The molecule has 0 amide bonds. The molecule has 0 heterocycles. The van der Waals surface area contributed by atoms with Crippen molar-refractivity contribution < 1.29 is 4.74 Å². The molecule has 0 spiro atoms. The number of halogens is 4. The number of nitrogens with one attached hydrogen (secondary N) is 1. The zero-order chi connectivity index (χ0) is 19.4. The van der Waals surface area contributed by atoms with Crippen molar-refractivity contribution in [1.82, 2.24) is 0 Å². The first kappa shape index (κ1) is 20.7. The van der Waals surface area contributed by atoms with Crippen LogP contribution in [0, 0.1) is 6.92 Å². The molecule has 0 saturated heterocycles. The number of ether oxygens (including phenoxy) is 1. The molecule has 0 fully saturated rings. The second-order valence-corrected chi connectivity index (χ2v) is 9.15. The number of hydrogen-bond acceptors (Lipinski definition) is 2. The van der Waals surface area contributed by atoms with Crippen LogP contribution in [0.5, 0.6) is 5.75 Å². The van der Waals surface area contributed by atoms with Crippen molar-refractivity contribution in [3.63, 3.8) is 0 Å². The van der Waals surface area contributed by atoms with Crippen molar-refractivity contribution in [2.24, 2.45) is 0 Å². The highest BCUT2D eigenvalue weighted by Crippen LogP contribution is 2.35. The SMILES string of the molecule is Cc1ccc(NCc2cc(Br)c(OCc3ccc(Br)cc3)c(Br)c2)cc1Cl. The predicted molar refractivity (Wildman–Crippen MR) is 124 cm³/mol. The first-order valence-corrected chi connectivity index (χ1v) is 11.0. The van der Waals surface area contributed by atoms with E-state index < -0.39 is 0 Å². The van der Waals surface area contributed by atoms with E-state index in [1.54, 1.807) is 0 Å². The zero-order valence-corrected chi connectivity index (χ0v) is 20.0. The summed E-state index contributed by atoms with van der Waals surface area (Å²) < 4.78 is 8.87. The Hall–Kier alpha value is -1.01. The Kier molecular flexibility index (Phi) is 7.26. The fourth-order valence-electron chi connectivity index (χ4n) is 2.50. The van der Waals surface area contributed by atoms with Crippen LogP contribution < -0.4 is 10.1 Å². The molecule has 1 N–H and O–H groups in total. The van der Waals surface area contributed by atoms with Crippen LogP contribution in [-0.2, 0) is 13.2 Å². The van der Waals surface area contributed by atoms with Gasteiger partial charge in [0.2, 0.25) is 0 Å². The summed E-state index contributed by atoms with van der Waals surface area (Å²) in [6, 6.07) is 18.2. The van der Waals surface area contributed by atoms with E-state index in [1.165, 1.54) is 0 Å². The third kappa shape index (κ3) is 5.74. The average Bonchev–Trinajstić information content (AvgIpc) is 2.63. The molecule has 0 aliphatic rings. The van der Waals surface area contributed by atoms with E-state index in [-0.39, 0.29) is 0 Å². The van der Waals surface area contributed by atoms with E-state index in [4.69, 9.17) is 16.3 Å². The fourth-order valence-corrected chi connectivity index (χ4v) is 4.45. The van der Waals surface area contributed by atoms with Crippen LogP contribution in [0.4, 0.5) is 5.69 Å². The first-order valence-electron chi connectivity index (χ1n) is 8.27. The Morgan fingerprint density at radius 2 is 1.56 bits per heavy atom. The molecule has 0 bridgehead atoms. The largest absolute Gasteiger partial charge is 0.487 e. The summed E-state index contributed by atoms with van der Waals surface area (Å²) in [6.07, 6.45) is 0. The van der Waals surface area contributed by atoms with Gasteiger partial charge < -0.3 is 10.1 Å². The Morgan fingerprint density at radius 3 is 2.19 bits per heavy atom. The highest BCUT2D eigenvalue weighted by molar-refractivity contribution is 9.11. The average molecular weight is 575 g/mol. The first-order chi connectivity index (χ1) is 12.9. The Labute approximate surface area is 189 Å². The molecule has 0 unspecified atom stereocenters. The maximum atomic E-state index is 6.19. The third-order valence-corrected chi connectivity index (χ3v) is 6.14. The summed E-state index contributed by atoms with van der Waals surface area (Å²) in [5, 5.41) is 4.16. The van der Waals surface area contributed by atoms with Gasteiger partial charge in [0.15, 0.2) is 0 Å². The van der Waals surface area contributed by atoms with Gasteiger partial charge in [0, 0.05) is 21.7 Å². The Bertz CT molecular complexity index is 922.